The van der Waals surface area contributed by atoms with Crippen LogP contribution in [0.3, 0.4) is 0 Å². The molecule has 2 N–H and O–H groups in total. The lowest BCUT2D eigenvalue weighted by Crippen LogP contribution is -2.28. The molecule has 0 fully saturated rings. The molecule has 2 aromatic rings. The van der Waals surface area contributed by atoms with Gasteiger partial charge < -0.3 is 10.5 Å². The SMILES string of the molecule is CCOC(C)(CC)c1nc(N)c2c3c(sc2n1)CCC3. The smallest absolute Gasteiger partial charge is 0.163 e. The Balaban J connectivity index is 2.15. The van der Waals surface area contributed by atoms with Gasteiger partial charge in [0.2, 0.25) is 0 Å². The molecule has 0 saturated carbocycles. The number of aryl methyl sites for hydroxylation is 2. The Morgan fingerprint density at radius 1 is 1.30 bits per heavy atom. The average molecular weight is 291 g/mol. The van der Waals surface area contributed by atoms with E-state index in [0.29, 0.717) is 18.2 Å². The summed E-state index contributed by atoms with van der Waals surface area (Å²) < 4.78 is 5.87. The molecule has 1 atom stereocenters. The molecular formula is C15H21N3OS. The molecular weight excluding hydrogens is 270 g/mol. The van der Waals surface area contributed by atoms with Crippen molar-refractivity contribution in [2.75, 3.05) is 12.3 Å². The van der Waals surface area contributed by atoms with E-state index in [4.69, 9.17) is 15.5 Å². The highest BCUT2D eigenvalue weighted by atomic mass is 32.1. The number of anilines is 1. The van der Waals surface area contributed by atoms with E-state index in [9.17, 15) is 0 Å². The van der Waals surface area contributed by atoms with E-state index in [-0.39, 0.29) is 0 Å². The molecule has 0 spiro atoms. The van der Waals surface area contributed by atoms with Crippen molar-refractivity contribution in [1.82, 2.24) is 9.97 Å². The highest BCUT2D eigenvalue weighted by Crippen LogP contribution is 2.40. The number of thiophene rings is 1. The van der Waals surface area contributed by atoms with Crippen LogP contribution in [0.5, 0.6) is 0 Å². The third kappa shape index (κ3) is 2.00. The third-order valence-electron chi connectivity index (χ3n) is 4.20. The monoisotopic (exact) mass is 291 g/mol. The Morgan fingerprint density at radius 3 is 2.80 bits per heavy atom. The fourth-order valence-corrected chi connectivity index (χ4v) is 4.17. The van der Waals surface area contributed by atoms with E-state index in [1.807, 2.05) is 13.8 Å². The average Bonchev–Trinajstić information content (AvgIpc) is 2.98. The summed E-state index contributed by atoms with van der Waals surface area (Å²) in [6.45, 7) is 6.77. The largest absolute Gasteiger partial charge is 0.383 e. The number of fused-ring (bicyclic) bond motifs is 3. The summed E-state index contributed by atoms with van der Waals surface area (Å²) >= 11 is 1.77. The molecule has 5 heteroatoms. The van der Waals surface area contributed by atoms with E-state index in [1.165, 1.54) is 16.9 Å². The molecule has 0 saturated heterocycles. The Bertz CT molecular complexity index is 652. The molecule has 1 unspecified atom stereocenters. The predicted molar refractivity (Wildman–Crippen MR) is 83.1 cm³/mol. The zero-order valence-corrected chi connectivity index (χ0v) is 13.1. The minimum Gasteiger partial charge on any atom is -0.383 e. The van der Waals surface area contributed by atoms with Gasteiger partial charge in [-0.05, 0) is 45.1 Å². The highest BCUT2D eigenvalue weighted by Gasteiger charge is 2.31. The van der Waals surface area contributed by atoms with Crippen LogP contribution in [0.2, 0.25) is 0 Å². The maximum absolute atomic E-state index is 6.22. The van der Waals surface area contributed by atoms with Gasteiger partial charge >= 0.3 is 0 Å². The first-order valence-corrected chi connectivity index (χ1v) is 8.13. The summed E-state index contributed by atoms with van der Waals surface area (Å²) in [6, 6.07) is 0. The van der Waals surface area contributed by atoms with Crippen molar-refractivity contribution >= 4 is 27.4 Å². The van der Waals surface area contributed by atoms with Crippen molar-refractivity contribution in [3.63, 3.8) is 0 Å². The predicted octanol–water partition coefficient (Wildman–Crippen LogP) is 3.42. The summed E-state index contributed by atoms with van der Waals surface area (Å²) in [7, 11) is 0. The van der Waals surface area contributed by atoms with E-state index >= 15 is 0 Å². The van der Waals surface area contributed by atoms with Crippen molar-refractivity contribution in [3.05, 3.63) is 16.3 Å². The molecule has 4 nitrogen and oxygen atoms in total. The first kappa shape index (κ1) is 13.8. The van der Waals surface area contributed by atoms with Gasteiger partial charge in [0.25, 0.3) is 0 Å². The molecule has 2 heterocycles. The fourth-order valence-electron chi connectivity index (χ4n) is 2.90. The lowest BCUT2D eigenvalue weighted by molar-refractivity contribution is -0.0386. The minimum atomic E-state index is -0.453. The molecule has 108 valence electrons. The van der Waals surface area contributed by atoms with Gasteiger partial charge in [0.1, 0.15) is 16.2 Å². The Morgan fingerprint density at radius 2 is 2.10 bits per heavy atom. The standard InChI is InChI=1S/C15H21N3OS/c1-4-15(3,19-5-2)14-17-12(16)11-9-7-6-8-10(9)20-13(11)18-14/h4-8H2,1-3H3,(H2,16,17,18). The van der Waals surface area contributed by atoms with E-state index in [2.05, 4.69) is 11.9 Å². The molecule has 3 rings (SSSR count). The quantitative estimate of drug-likeness (QED) is 0.937. The van der Waals surface area contributed by atoms with E-state index in [0.717, 1.165) is 29.5 Å². The topological polar surface area (TPSA) is 61.0 Å². The molecule has 0 aromatic carbocycles. The number of hydrogen-bond acceptors (Lipinski definition) is 5. The van der Waals surface area contributed by atoms with Crippen molar-refractivity contribution < 1.29 is 4.74 Å². The molecule has 20 heavy (non-hydrogen) atoms. The second-order valence-electron chi connectivity index (χ2n) is 5.49. The number of nitrogens with two attached hydrogens (primary N) is 1. The summed E-state index contributed by atoms with van der Waals surface area (Å²) in [4.78, 5) is 11.8. The van der Waals surface area contributed by atoms with Crippen LogP contribution in [-0.2, 0) is 23.2 Å². The zero-order valence-electron chi connectivity index (χ0n) is 12.3. The van der Waals surface area contributed by atoms with E-state index in [1.54, 1.807) is 11.3 Å². The first-order chi connectivity index (χ1) is 9.59. The summed E-state index contributed by atoms with van der Waals surface area (Å²) in [5, 5.41) is 1.08. The van der Waals surface area contributed by atoms with Crippen LogP contribution in [0.1, 0.15) is 49.9 Å². The van der Waals surface area contributed by atoms with Crippen LogP contribution in [0.15, 0.2) is 0 Å². The number of rotatable bonds is 4. The molecule has 2 aromatic heterocycles. The zero-order chi connectivity index (χ0) is 14.3. The van der Waals surface area contributed by atoms with Crippen molar-refractivity contribution in [2.45, 2.75) is 52.1 Å². The third-order valence-corrected chi connectivity index (χ3v) is 5.39. The second kappa shape index (κ2) is 4.97. The number of nitrogens with zero attached hydrogens (tertiary/aromatic N) is 2. The van der Waals surface area contributed by atoms with Crippen molar-refractivity contribution in [2.24, 2.45) is 0 Å². The summed E-state index contributed by atoms with van der Waals surface area (Å²) in [5.41, 5.74) is 7.15. The molecule has 0 aliphatic heterocycles. The van der Waals surface area contributed by atoms with Gasteiger partial charge in [0, 0.05) is 11.5 Å². The lowest BCUT2D eigenvalue weighted by Gasteiger charge is -2.26. The van der Waals surface area contributed by atoms with Crippen LogP contribution >= 0.6 is 11.3 Å². The normalized spacial score (nSPS) is 17.4. The molecule has 1 aliphatic carbocycles. The maximum atomic E-state index is 6.22. The number of aromatic nitrogens is 2. The van der Waals surface area contributed by atoms with Crippen molar-refractivity contribution in [1.29, 1.82) is 0 Å². The van der Waals surface area contributed by atoms with Gasteiger partial charge in [-0.25, -0.2) is 9.97 Å². The Hall–Kier alpha value is -1.20. The van der Waals surface area contributed by atoms with Crippen LogP contribution in [0.25, 0.3) is 10.2 Å². The Labute approximate surface area is 123 Å². The first-order valence-electron chi connectivity index (χ1n) is 7.31. The highest BCUT2D eigenvalue weighted by molar-refractivity contribution is 7.19. The number of hydrogen-bond donors (Lipinski definition) is 1. The molecule has 0 bridgehead atoms. The van der Waals surface area contributed by atoms with Crippen LogP contribution in [0.4, 0.5) is 5.82 Å². The second-order valence-corrected chi connectivity index (χ2v) is 6.57. The van der Waals surface area contributed by atoms with Gasteiger partial charge in [-0.15, -0.1) is 11.3 Å². The molecule has 0 amide bonds. The van der Waals surface area contributed by atoms with Crippen LogP contribution < -0.4 is 5.73 Å². The molecule has 1 aliphatic rings. The summed E-state index contributed by atoms with van der Waals surface area (Å²) in [6.07, 6.45) is 4.32. The minimum absolute atomic E-state index is 0.453. The Kier molecular flexibility index (Phi) is 3.42. The van der Waals surface area contributed by atoms with E-state index < -0.39 is 5.60 Å². The maximum Gasteiger partial charge on any atom is 0.163 e. The van der Waals surface area contributed by atoms with Gasteiger partial charge in [-0.1, -0.05) is 6.92 Å². The summed E-state index contributed by atoms with van der Waals surface area (Å²) in [5.74, 6) is 1.33. The van der Waals surface area contributed by atoms with Gasteiger partial charge in [-0.2, -0.15) is 0 Å². The number of nitrogen functional groups attached to an aromatic ring is 1. The van der Waals surface area contributed by atoms with Crippen molar-refractivity contribution in [3.8, 4) is 0 Å². The van der Waals surface area contributed by atoms with Crippen LogP contribution in [-0.4, -0.2) is 16.6 Å². The molecule has 0 radical (unpaired) electrons. The van der Waals surface area contributed by atoms with Gasteiger partial charge in [0.05, 0.1) is 5.39 Å². The van der Waals surface area contributed by atoms with Gasteiger partial charge in [0.15, 0.2) is 5.82 Å². The fraction of sp³-hybridized carbons (Fsp3) is 0.600. The van der Waals surface area contributed by atoms with Gasteiger partial charge in [-0.3, -0.25) is 0 Å². The number of ether oxygens (including phenoxy) is 1. The van der Waals surface area contributed by atoms with Crippen LogP contribution in [0, 0.1) is 0 Å². The lowest BCUT2D eigenvalue weighted by atomic mass is 10.0.